The number of aromatic nitrogens is 3. The second kappa shape index (κ2) is 7.65. The highest BCUT2D eigenvalue weighted by Crippen LogP contribution is 2.25. The molecular formula is C18H17Cl2N5O3. The zero-order valence-electron chi connectivity index (χ0n) is 15.3. The van der Waals surface area contributed by atoms with Gasteiger partial charge in [-0.3, -0.25) is 24.2 Å². The molecule has 0 aliphatic rings. The summed E-state index contributed by atoms with van der Waals surface area (Å²) < 4.78 is 1.46. The molecule has 0 saturated heterocycles. The second-order valence-corrected chi connectivity index (χ2v) is 7.16. The number of hydrogen-bond donors (Lipinski definition) is 2. The SMILES string of the molecule is Cc1cc(C(=O)N(C)CC(=O)Nc2ccc(Cl)c(Cl)c2)c2c(=O)[nH]n(C)c2n1. The Bertz CT molecular complexity index is 1150. The molecule has 2 N–H and O–H groups in total. The molecule has 3 aromatic rings. The van der Waals surface area contributed by atoms with Crippen LogP contribution in [0.3, 0.4) is 0 Å². The minimum atomic E-state index is -0.462. The third-order valence-corrected chi connectivity index (χ3v) is 4.84. The molecule has 0 radical (unpaired) electrons. The van der Waals surface area contributed by atoms with Gasteiger partial charge in [0.25, 0.3) is 11.5 Å². The number of nitrogens with one attached hydrogen (secondary N) is 2. The Balaban J connectivity index is 1.81. The first kappa shape index (κ1) is 19.9. The van der Waals surface area contributed by atoms with Crippen molar-refractivity contribution < 1.29 is 9.59 Å². The van der Waals surface area contributed by atoms with E-state index in [4.69, 9.17) is 23.2 Å². The molecule has 28 heavy (non-hydrogen) atoms. The zero-order valence-corrected chi connectivity index (χ0v) is 16.9. The lowest BCUT2D eigenvalue weighted by molar-refractivity contribution is -0.116. The molecular weight excluding hydrogens is 405 g/mol. The number of halogens is 2. The van der Waals surface area contributed by atoms with Gasteiger partial charge in [-0.2, -0.15) is 0 Å². The highest BCUT2D eigenvalue weighted by molar-refractivity contribution is 6.42. The Morgan fingerprint density at radius 2 is 1.96 bits per heavy atom. The normalized spacial score (nSPS) is 10.9. The number of aryl methyl sites for hydroxylation is 2. The third kappa shape index (κ3) is 3.88. The standard InChI is InChI=1S/C18H17Cl2N5O3/c1-9-6-11(15-16(21-9)25(3)23-17(15)27)18(28)24(2)8-14(26)22-10-4-5-12(19)13(20)7-10/h4-7H,8H2,1-3H3,(H,22,26)(H,23,27). The first-order chi connectivity index (χ1) is 13.2. The number of hydrogen-bond acceptors (Lipinski definition) is 4. The topological polar surface area (TPSA) is 100 Å². The van der Waals surface area contributed by atoms with Gasteiger partial charge in [0.15, 0.2) is 5.65 Å². The van der Waals surface area contributed by atoms with Gasteiger partial charge in [0.1, 0.15) is 0 Å². The number of likely N-dealkylation sites (N-methyl/N-ethyl adjacent to an activating group) is 1. The van der Waals surface area contributed by atoms with Gasteiger partial charge in [0.05, 0.1) is 27.5 Å². The summed E-state index contributed by atoms with van der Waals surface area (Å²) >= 11 is 11.8. The van der Waals surface area contributed by atoms with E-state index in [1.165, 1.54) is 28.8 Å². The fourth-order valence-corrected chi connectivity index (χ4v) is 3.12. The number of H-pyrrole nitrogens is 1. The van der Waals surface area contributed by atoms with Crippen LogP contribution in [0.15, 0.2) is 29.1 Å². The highest BCUT2D eigenvalue weighted by atomic mass is 35.5. The monoisotopic (exact) mass is 421 g/mol. The van der Waals surface area contributed by atoms with E-state index in [1.807, 2.05) is 0 Å². The van der Waals surface area contributed by atoms with Crippen LogP contribution in [0.25, 0.3) is 11.0 Å². The van der Waals surface area contributed by atoms with Gasteiger partial charge in [-0.25, -0.2) is 4.98 Å². The van der Waals surface area contributed by atoms with Crippen molar-refractivity contribution in [3.63, 3.8) is 0 Å². The number of amides is 2. The minimum absolute atomic E-state index is 0.189. The lowest BCUT2D eigenvalue weighted by atomic mass is 10.1. The summed E-state index contributed by atoms with van der Waals surface area (Å²) in [4.78, 5) is 42.9. The molecule has 2 aromatic heterocycles. The average molecular weight is 422 g/mol. The van der Waals surface area contributed by atoms with Crippen molar-refractivity contribution in [3.8, 4) is 0 Å². The van der Waals surface area contributed by atoms with Crippen molar-refractivity contribution >= 4 is 51.7 Å². The van der Waals surface area contributed by atoms with E-state index in [0.29, 0.717) is 27.1 Å². The van der Waals surface area contributed by atoms with Gasteiger partial charge >= 0.3 is 0 Å². The Morgan fingerprint density at radius 3 is 2.64 bits per heavy atom. The van der Waals surface area contributed by atoms with Crippen LogP contribution in [-0.2, 0) is 11.8 Å². The molecule has 0 aliphatic carbocycles. The summed E-state index contributed by atoms with van der Waals surface area (Å²) in [5.74, 6) is -0.880. The molecule has 146 valence electrons. The Kier molecular flexibility index (Phi) is 5.44. The number of anilines is 1. The van der Waals surface area contributed by atoms with Crippen LogP contribution in [0, 0.1) is 6.92 Å². The van der Waals surface area contributed by atoms with Crippen molar-refractivity contribution in [1.29, 1.82) is 0 Å². The molecule has 1 aromatic carbocycles. The first-order valence-electron chi connectivity index (χ1n) is 8.24. The predicted octanol–water partition coefficient (Wildman–Crippen LogP) is 2.59. The maximum absolute atomic E-state index is 12.9. The number of fused-ring (bicyclic) bond motifs is 1. The summed E-state index contributed by atoms with van der Waals surface area (Å²) in [6, 6.07) is 6.22. The molecule has 0 aliphatic heterocycles. The molecule has 10 heteroatoms. The van der Waals surface area contributed by atoms with E-state index >= 15 is 0 Å². The molecule has 0 bridgehead atoms. The Labute approximate surface area is 170 Å². The highest BCUT2D eigenvalue weighted by Gasteiger charge is 2.22. The summed E-state index contributed by atoms with van der Waals surface area (Å²) in [5.41, 5.74) is 1.19. The molecule has 0 atom stereocenters. The van der Waals surface area contributed by atoms with Gasteiger partial charge in [-0.15, -0.1) is 0 Å². The lowest BCUT2D eigenvalue weighted by Crippen LogP contribution is -2.35. The first-order valence-corrected chi connectivity index (χ1v) is 8.99. The second-order valence-electron chi connectivity index (χ2n) is 6.35. The molecule has 2 amide bonds. The largest absolute Gasteiger partial charge is 0.332 e. The van der Waals surface area contributed by atoms with Crippen LogP contribution in [0.1, 0.15) is 16.1 Å². The van der Waals surface area contributed by atoms with Gasteiger partial charge in [-0.05, 0) is 31.2 Å². The van der Waals surface area contributed by atoms with Gasteiger partial charge in [-0.1, -0.05) is 23.2 Å². The molecule has 0 fully saturated rings. The molecule has 2 heterocycles. The van der Waals surface area contributed by atoms with E-state index in [0.717, 1.165) is 0 Å². The maximum atomic E-state index is 12.9. The third-order valence-electron chi connectivity index (χ3n) is 4.10. The zero-order chi connectivity index (χ0) is 20.6. The van der Waals surface area contributed by atoms with E-state index in [2.05, 4.69) is 15.4 Å². The molecule has 8 nitrogen and oxygen atoms in total. The fourth-order valence-electron chi connectivity index (χ4n) is 2.82. The summed E-state index contributed by atoms with van der Waals surface area (Å²) in [6.45, 7) is 1.51. The summed E-state index contributed by atoms with van der Waals surface area (Å²) in [6.07, 6.45) is 0. The Morgan fingerprint density at radius 1 is 1.25 bits per heavy atom. The predicted molar refractivity (Wildman–Crippen MR) is 108 cm³/mol. The van der Waals surface area contributed by atoms with Crippen molar-refractivity contribution in [1.82, 2.24) is 19.7 Å². The van der Waals surface area contributed by atoms with E-state index in [9.17, 15) is 14.4 Å². The number of pyridine rings is 1. The van der Waals surface area contributed by atoms with Crippen molar-refractivity contribution in [2.45, 2.75) is 6.92 Å². The summed E-state index contributed by atoms with van der Waals surface area (Å²) in [5, 5.41) is 6.11. The number of carbonyl (C=O) groups excluding carboxylic acids is 2. The number of rotatable bonds is 4. The molecule has 0 unspecified atom stereocenters. The van der Waals surface area contributed by atoms with Crippen LogP contribution in [0.4, 0.5) is 5.69 Å². The van der Waals surface area contributed by atoms with Gasteiger partial charge in [0, 0.05) is 25.5 Å². The Hall–Kier alpha value is -2.84. The maximum Gasteiger partial charge on any atom is 0.274 e. The smallest absolute Gasteiger partial charge is 0.274 e. The van der Waals surface area contributed by atoms with Crippen LogP contribution in [0.2, 0.25) is 10.0 Å². The van der Waals surface area contributed by atoms with Crippen LogP contribution < -0.4 is 10.9 Å². The van der Waals surface area contributed by atoms with Gasteiger partial charge < -0.3 is 10.2 Å². The van der Waals surface area contributed by atoms with E-state index in [1.54, 1.807) is 26.1 Å². The van der Waals surface area contributed by atoms with Crippen molar-refractivity contribution in [2.24, 2.45) is 7.05 Å². The lowest BCUT2D eigenvalue weighted by Gasteiger charge is -2.17. The molecule has 3 rings (SSSR count). The fraction of sp³-hybridized carbons (Fsp3) is 0.222. The molecule has 0 saturated carbocycles. The number of carbonyl (C=O) groups is 2. The number of aromatic amines is 1. The van der Waals surface area contributed by atoms with Crippen LogP contribution in [-0.4, -0.2) is 45.1 Å². The molecule has 0 spiro atoms. The number of nitrogens with zero attached hydrogens (tertiary/aromatic N) is 3. The van der Waals surface area contributed by atoms with Crippen molar-refractivity contribution in [3.05, 3.63) is 55.9 Å². The number of benzene rings is 1. The van der Waals surface area contributed by atoms with Crippen LogP contribution >= 0.6 is 23.2 Å². The van der Waals surface area contributed by atoms with E-state index < -0.39 is 17.4 Å². The van der Waals surface area contributed by atoms with Crippen LogP contribution in [0.5, 0.6) is 0 Å². The van der Waals surface area contributed by atoms with Gasteiger partial charge in [0.2, 0.25) is 5.91 Å². The quantitative estimate of drug-likeness (QED) is 0.675. The average Bonchev–Trinajstić information content (AvgIpc) is 2.90. The summed E-state index contributed by atoms with van der Waals surface area (Å²) in [7, 11) is 3.12. The minimum Gasteiger partial charge on any atom is -0.332 e. The van der Waals surface area contributed by atoms with Crippen molar-refractivity contribution in [2.75, 3.05) is 18.9 Å². The van der Waals surface area contributed by atoms with E-state index in [-0.39, 0.29) is 17.5 Å².